The summed E-state index contributed by atoms with van der Waals surface area (Å²) in [6, 6.07) is 6.33. The molecule has 0 bridgehead atoms. The van der Waals surface area contributed by atoms with Crippen molar-refractivity contribution in [2.75, 3.05) is 17.2 Å². The number of hydrogen-bond acceptors (Lipinski definition) is 9. The second kappa shape index (κ2) is 10.9. The van der Waals surface area contributed by atoms with Crippen molar-refractivity contribution < 1.29 is 36.5 Å². The number of hydrogen-bond donors (Lipinski definition) is 6. The van der Waals surface area contributed by atoms with Crippen LogP contribution in [0.4, 0.5) is 17.6 Å². The Balaban J connectivity index is 2.18. The molecule has 27 heavy (non-hydrogen) atoms. The second-order valence-corrected chi connectivity index (χ2v) is 7.25. The van der Waals surface area contributed by atoms with Gasteiger partial charge in [0.05, 0.1) is 0 Å². The zero-order valence-electron chi connectivity index (χ0n) is 14.6. The van der Waals surface area contributed by atoms with Gasteiger partial charge >= 0.3 is 167 Å². The average molecular weight is 488 g/mol. The SMILES string of the molecule is NCCCCC(Nc1nc(Nc2cccc(CO)c2)nc([I-]N)n1)C(=O)O. The number of nitrogens with two attached hydrogens (primary N) is 2. The van der Waals surface area contributed by atoms with Gasteiger partial charge in [-0.05, 0) is 0 Å². The third kappa shape index (κ3) is 6.86. The Hall–Kier alpha value is -2.09. The molecule has 1 heterocycles. The van der Waals surface area contributed by atoms with Crippen molar-refractivity contribution in [2.45, 2.75) is 31.9 Å². The van der Waals surface area contributed by atoms with Gasteiger partial charge in [0.15, 0.2) is 0 Å². The molecule has 1 unspecified atom stereocenters. The number of unbranched alkanes of at least 4 members (excludes halogenated alkanes) is 1. The first-order valence-corrected chi connectivity index (χ1v) is 10.6. The number of carboxylic acid groups (broad SMARTS) is 1. The van der Waals surface area contributed by atoms with E-state index in [4.69, 9.17) is 9.68 Å². The fourth-order valence-electron chi connectivity index (χ4n) is 2.30. The Morgan fingerprint density at radius 1 is 1.22 bits per heavy atom. The van der Waals surface area contributed by atoms with Gasteiger partial charge < -0.3 is 0 Å². The summed E-state index contributed by atoms with van der Waals surface area (Å²) in [5.41, 5.74) is 6.89. The number of halogens is 1. The van der Waals surface area contributed by atoms with E-state index >= 15 is 0 Å². The van der Waals surface area contributed by atoms with Crippen molar-refractivity contribution in [3.05, 3.63) is 33.7 Å². The summed E-state index contributed by atoms with van der Waals surface area (Å²) < 4.78 is 6.18. The van der Waals surface area contributed by atoms with Crippen molar-refractivity contribution >= 4 is 23.6 Å². The Bertz CT molecular complexity index is 763. The number of nitrogens with one attached hydrogen (secondary N) is 2. The van der Waals surface area contributed by atoms with Gasteiger partial charge in [-0.25, -0.2) is 0 Å². The van der Waals surface area contributed by atoms with Crippen LogP contribution in [0.2, 0.25) is 0 Å². The van der Waals surface area contributed by atoms with E-state index in [1.54, 1.807) is 24.3 Å². The number of rotatable bonds is 11. The molecule has 0 spiro atoms. The van der Waals surface area contributed by atoms with Crippen LogP contribution in [0.15, 0.2) is 24.3 Å². The molecular weight excluding hydrogens is 465 g/mol. The number of aliphatic carboxylic acids is 1. The molecule has 1 aromatic heterocycles. The number of carbonyl (C=O) groups is 1. The minimum atomic E-state index is -0.985. The van der Waals surface area contributed by atoms with Crippen molar-refractivity contribution in [3.63, 3.8) is 0 Å². The van der Waals surface area contributed by atoms with Crippen LogP contribution in [0.3, 0.4) is 0 Å². The monoisotopic (exact) mass is 488 g/mol. The molecule has 10 nitrogen and oxygen atoms in total. The summed E-state index contributed by atoms with van der Waals surface area (Å²) in [6.07, 6.45) is 1.84. The molecule has 0 amide bonds. The number of aliphatic hydroxyl groups is 1. The average Bonchev–Trinajstić information content (AvgIpc) is 2.67. The number of anilines is 3. The van der Waals surface area contributed by atoms with Crippen LogP contribution in [-0.2, 0) is 11.4 Å². The first-order valence-electron chi connectivity index (χ1n) is 8.31. The Kier molecular flexibility index (Phi) is 8.57. The fraction of sp³-hybridized carbons (Fsp3) is 0.375. The van der Waals surface area contributed by atoms with Gasteiger partial charge in [-0.2, -0.15) is 0 Å². The van der Waals surface area contributed by atoms with E-state index in [9.17, 15) is 15.0 Å². The van der Waals surface area contributed by atoms with Crippen LogP contribution < -0.4 is 41.8 Å². The van der Waals surface area contributed by atoms with Crippen molar-refractivity contribution in [3.8, 4) is 0 Å². The topological polar surface area (TPSA) is 172 Å². The van der Waals surface area contributed by atoms with Gasteiger partial charge in [-0.15, -0.1) is 0 Å². The van der Waals surface area contributed by atoms with E-state index in [0.717, 1.165) is 12.0 Å². The van der Waals surface area contributed by atoms with E-state index in [1.165, 1.54) is 0 Å². The molecule has 0 aliphatic rings. The zero-order valence-corrected chi connectivity index (χ0v) is 16.8. The molecular formula is C16H23IN7O3-. The second-order valence-electron chi connectivity index (χ2n) is 5.66. The molecule has 0 aliphatic heterocycles. The van der Waals surface area contributed by atoms with E-state index < -0.39 is 33.5 Å². The maximum atomic E-state index is 11.5. The summed E-state index contributed by atoms with van der Waals surface area (Å²) in [4.78, 5) is 24.2. The van der Waals surface area contributed by atoms with E-state index in [-0.39, 0.29) is 18.5 Å². The maximum absolute atomic E-state index is 11.5. The van der Waals surface area contributed by atoms with Crippen LogP contribution in [-0.4, -0.2) is 43.7 Å². The van der Waals surface area contributed by atoms with Crippen LogP contribution >= 0.6 is 0 Å². The van der Waals surface area contributed by atoms with Crippen LogP contribution in [0.5, 0.6) is 0 Å². The summed E-state index contributed by atoms with van der Waals surface area (Å²) in [6.45, 7) is 0.434. The summed E-state index contributed by atoms with van der Waals surface area (Å²) >= 11 is -0.912. The number of carboxylic acids is 1. The van der Waals surface area contributed by atoms with Crippen molar-refractivity contribution in [1.82, 2.24) is 15.0 Å². The van der Waals surface area contributed by atoms with Gasteiger partial charge in [-0.3, -0.25) is 0 Å². The van der Waals surface area contributed by atoms with E-state index in [0.29, 0.717) is 28.9 Å². The Morgan fingerprint density at radius 2 is 2.00 bits per heavy atom. The minimum absolute atomic E-state index is 0.0812. The van der Waals surface area contributed by atoms with Crippen LogP contribution in [0, 0.1) is 3.83 Å². The van der Waals surface area contributed by atoms with Gasteiger partial charge in [0.1, 0.15) is 0 Å². The van der Waals surface area contributed by atoms with Gasteiger partial charge in [0.2, 0.25) is 0 Å². The van der Waals surface area contributed by atoms with Gasteiger partial charge in [0.25, 0.3) is 0 Å². The number of benzene rings is 1. The molecule has 1 atom stereocenters. The van der Waals surface area contributed by atoms with E-state index in [2.05, 4.69) is 25.6 Å². The van der Waals surface area contributed by atoms with Gasteiger partial charge in [0, 0.05) is 0 Å². The first-order chi connectivity index (χ1) is 13.0. The van der Waals surface area contributed by atoms with E-state index in [1.807, 2.05) is 0 Å². The quantitative estimate of drug-likeness (QED) is 0.111. The molecule has 148 valence electrons. The normalized spacial score (nSPS) is 12.0. The molecule has 0 saturated carbocycles. The number of aromatic nitrogens is 3. The Labute approximate surface area is 167 Å². The summed E-state index contributed by atoms with van der Waals surface area (Å²) in [5.74, 6) is -0.568. The fourth-order valence-corrected chi connectivity index (χ4v) is 3.04. The van der Waals surface area contributed by atoms with Crippen LogP contribution in [0.1, 0.15) is 24.8 Å². The molecule has 0 fully saturated rings. The zero-order chi connectivity index (χ0) is 19.6. The molecule has 0 aliphatic carbocycles. The van der Waals surface area contributed by atoms with Crippen LogP contribution in [0.25, 0.3) is 0 Å². The Morgan fingerprint density at radius 3 is 2.67 bits per heavy atom. The molecule has 0 radical (unpaired) electrons. The predicted molar refractivity (Wildman–Crippen MR) is 96.3 cm³/mol. The summed E-state index contributed by atoms with van der Waals surface area (Å²) in [7, 11) is 0. The molecule has 11 heteroatoms. The predicted octanol–water partition coefficient (Wildman–Crippen LogP) is -2.77. The first kappa shape index (κ1) is 21.2. The standard InChI is InChI=1S/C16H23IN7O3/c18-7-2-1-6-12(13(26)27)21-16-23-14(17-19)22-15(24-16)20-11-5-3-4-10(8-11)9-25/h3-5,8,12,25H,1-2,6-7,9,18-19H2,(H,26,27)(H2,20,21,22,23,24)/q-1. The molecule has 2 rings (SSSR count). The molecule has 1 aromatic carbocycles. The summed E-state index contributed by atoms with van der Waals surface area (Å²) in [5, 5.41) is 24.5. The molecule has 0 saturated heterocycles. The van der Waals surface area contributed by atoms with Crippen molar-refractivity contribution in [1.29, 1.82) is 0 Å². The number of aliphatic hydroxyl groups excluding tert-OH is 1. The van der Waals surface area contributed by atoms with Gasteiger partial charge in [-0.1, -0.05) is 0 Å². The third-order valence-corrected chi connectivity index (χ3v) is 4.66. The molecule has 2 aromatic rings. The van der Waals surface area contributed by atoms with Crippen molar-refractivity contribution in [2.24, 2.45) is 9.68 Å². The number of nitrogens with zero attached hydrogens (tertiary/aromatic N) is 3. The molecule has 8 N–H and O–H groups in total. The third-order valence-electron chi connectivity index (χ3n) is 3.62.